The van der Waals surface area contributed by atoms with Crippen molar-refractivity contribution >= 4 is 22.1 Å². The van der Waals surface area contributed by atoms with Crippen molar-refractivity contribution in [1.29, 1.82) is 0 Å². The second-order valence-electron chi connectivity index (χ2n) is 2.33. The normalized spacial score (nSPS) is 13.2. The van der Waals surface area contributed by atoms with Crippen molar-refractivity contribution in [2.45, 2.75) is 5.38 Å². The molecule has 1 aromatic carbocycles. The van der Waals surface area contributed by atoms with Gasteiger partial charge in [0.2, 0.25) is 0 Å². The van der Waals surface area contributed by atoms with Crippen molar-refractivity contribution in [3.63, 3.8) is 0 Å². The molecule has 1 nitrogen and oxygen atoms in total. The van der Waals surface area contributed by atoms with Gasteiger partial charge in [-0.25, -0.2) is 0 Å². The Hall–Kier alpha value is -0.313. The molecule has 0 aliphatic rings. The maximum absolute atomic E-state index is 6.00. The van der Waals surface area contributed by atoms with Crippen molar-refractivity contribution in [1.82, 2.24) is 0 Å². The zero-order valence-electron chi connectivity index (χ0n) is 6.46. The highest BCUT2D eigenvalue weighted by Gasteiger charge is 2.04. The topological polar surface area (TPSA) is 9.23 Å². The Morgan fingerprint density at radius 2 is 2.00 bits per heavy atom. The Kier molecular flexibility index (Phi) is 3.63. The van der Waals surface area contributed by atoms with Crippen LogP contribution in [-0.4, -0.2) is 17.1 Å². The molecule has 0 spiro atoms. The van der Waals surface area contributed by atoms with Crippen LogP contribution in [0.5, 0.6) is 0 Å². The molecule has 1 rings (SSSR count). The van der Waals surface area contributed by atoms with Crippen molar-refractivity contribution in [2.24, 2.45) is 0 Å². The maximum Gasteiger partial charge on any atom is 0.146 e. The monoisotopic (exact) mass is 186 g/mol. The van der Waals surface area contributed by atoms with Gasteiger partial charge in [-0.15, -0.1) is 11.6 Å². The summed E-state index contributed by atoms with van der Waals surface area (Å²) in [7, 11) is 0.754. The molecule has 3 heteroatoms. The second kappa shape index (κ2) is 4.54. The first-order valence-electron chi connectivity index (χ1n) is 3.52. The number of hydrogen-bond donors (Lipinski definition) is 0. The van der Waals surface area contributed by atoms with E-state index in [0.29, 0.717) is 6.61 Å². The van der Waals surface area contributed by atoms with Crippen LogP contribution in [0.3, 0.4) is 0 Å². The van der Waals surface area contributed by atoms with E-state index < -0.39 is 0 Å². The molecule has 0 aliphatic carbocycles. The number of rotatable bonds is 3. The largest absolute Gasteiger partial charge is 0.426 e. The summed E-state index contributed by atoms with van der Waals surface area (Å²) < 4.78 is 5.06. The molecule has 1 atom stereocenters. The molecular formula is C8H11ClOSi. The third kappa shape index (κ3) is 2.65. The fourth-order valence-electron chi connectivity index (χ4n) is 0.904. The van der Waals surface area contributed by atoms with E-state index in [2.05, 4.69) is 0 Å². The molecule has 0 aromatic heterocycles. The molecule has 0 radical (unpaired) electrons. The lowest BCUT2D eigenvalue weighted by molar-refractivity contribution is 0.348. The van der Waals surface area contributed by atoms with Crippen LogP contribution in [0.4, 0.5) is 0 Å². The van der Waals surface area contributed by atoms with E-state index in [4.69, 9.17) is 16.0 Å². The van der Waals surface area contributed by atoms with Crippen LogP contribution in [0.2, 0.25) is 0 Å². The quantitative estimate of drug-likeness (QED) is 0.510. The molecule has 0 amide bonds. The minimum atomic E-state index is 0.00806. The predicted octanol–water partition coefficient (Wildman–Crippen LogP) is 1.26. The van der Waals surface area contributed by atoms with Crippen molar-refractivity contribution < 1.29 is 4.43 Å². The first kappa shape index (κ1) is 8.78. The molecule has 1 aromatic rings. The molecule has 11 heavy (non-hydrogen) atoms. The van der Waals surface area contributed by atoms with E-state index in [9.17, 15) is 0 Å². The average molecular weight is 187 g/mol. The highest BCUT2D eigenvalue weighted by atomic mass is 35.5. The molecule has 0 bridgehead atoms. The van der Waals surface area contributed by atoms with E-state index >= 15 is 0 Å². The van der Waals surface area contributed by atoms with Crippen molar-refractivity contribution in [3.8, 4) is 0 Å². The van der Waals surface area contributed by atoms with E-state index in [1.165, 1.54) is 0 Å². The standard InChI is InChI=1S/C8H11ClOSi/c9-8(6-10-11)7-4-2-1-3-5-7/h1-5,8H,6H2,11H3. The number of hydrogen-bond acceptors (Lipinski definition) is 1. The Balaban J connectivity index is 2.61. The molecule has 0 saturated carbocycles. The zero-order chi connectivity index (χ0) is 8.10. The zero-order valence-corrected chi connectivity index (χ0v) is 9.21. The Morgan fingerprint density at radius 3 is 2.55 bits per heavy atom. The molecule has 60 valence electrons. The van der Waals surface area contributed by atoms with Gasteiger partial charge >= 0.3 is 0 Å². The molecular weight excluding hydrogens is 176 g/mol. The lowest BCUT2D eigenvalue weighted by atomic mass is 10.2. The Bertz CT molecular complexity index is 203. The van der Waals surface area contributed by atoms with Crippen LogP contribution < -0.4 is 0 Å². The third-order valence-corrected chi connectivity index (χ3v) is 2.19. The van der Waals surface area contributed by atoms with Crippen molar-refractivity contribution in [2.75, 3.05) is 6.61 Å². The number of benzene rings is 1. The van der Waals surface area contributed by atoms with Crippen molar-refractivity contribution in [3.05, 3.63) is 35.9 Å². The van der Waals surface area contributed by atoms with Gasteiger partial charge in [0.25, 0.3) is 0 Å². The SMILES string of the molecule is [SiH3]OCC(Cl)c1ccccc1. The summed E-state index contributed by atoms with van der Waals surface area (Å²) in [6.07, 6.45) is 0. The molecule has 1 unspecified atom stereocenters. The van der Waals surface area contributed by atoms with Crippen LogP contribution in [0.15, 0.2) is 30.3 Å². The lowest BCUT2D eigenvalue weighted by Crippen LogP contribution is -1.99. The molecule has 0 saturated heterocycles. The van der Waals surface area contributed by atoms with Gasteiger partial charge < -0.3 is 4.43 Å². The molecule has 0 N–H and O–H groups in total. The summed E-state index contributed by atoms with van der Waals surface area (Å²) in [6, 6.07) is 9.97. The highest BCUT2D eigenvalue weighted by molar-refractivity contribution is 6.21. The van der Waals surface area contributed by atoms with Gasteiger partial charge in [0, 0.05) is 0 Å². The summed E-state index contributed by atoms with van der Waals surface area (Å²) in [5.74, 6) is 0. The van der Waals surface area contributed by atoms with Gasteiger partial charge in [-0.05, 0) is 5.56 Å². The molecule has 0 aliphatic heterocycles. The summed E-state index contributed by atoms with van der Waals surface area (Å²) >= 11 is 6.00. The number of halogens is 1. The van der Waals surface area contributed by atoms with Gasteiger partial charge in [0.15, 0.2) is 0 Å². The smallest absolute Gasteiger partial charge is 0.146 e. The van der Waals surface area contributed by atoms with E-state index in [0.717, 1.165) is 16.0 Å². The lowest BCUT2D eigenvalue weighted by Gasteiger charge is -2.07. The van der Waals surface area contributed by atoms with Crippen LogP contribution in [0.25, 0.3) is 0 Å². The first-order chi connectivity index (χ1) is 5.34. The number of alkyl halides is 1. The fraction of sp³-hybridized carbons (Fsp3) is 0.250. The fourth-order valence-corrected chi connectivity index (χ4v) is 1.72. The van der Waals surface area contributed by atoms with E-state index in [1.807, 2.05) is 30.3 Å². The van der Waals surface area contributed by atoms with Crippen LogP contribution in [0, 0.1) is 0 Å². The van der Waals surface area contributed by atoms with Crippen LogP contribution >= 0.6 is 11.6 Å². The third-order valence-electron chi connectivity index (χ3n) is 1.47. The molecule has 0 fully saturated rings. The van der Waals surface area contributed by atoms with Crippen LogP contribution in [0.1, 0.15) is 10.9 Å². The van der Waals surface area contributed by atoms with Gasteiger partial charge in [0.1, 0.15) is 10.5 Å². The van der Waals surface area contributed by atoms with Gasteiger partial charge in [0.05, 0.1) is 12.0 Å². The summed E-state index contributed by atoms with van der Waals surface area (Å²) in [5, 5.41) is 0.00806. The first-order valence-corrected chi connectivity index (χ1v) is 4.78. The average Bonchev–Trinajstić information content (AvgIpc) is 2.07. The minimum absolute atomic E-state index is 0.00806. The summed E-state index contributed by atoms with van der Waals surface area (Å²) in [6.45, 7) is 0.623. The van der Waals surface area contributed by atoms with Gasteiger partial charge in [-0.3, -0.25) is 0 Å². The predicted molar refractivity (Wildman–Crippen MR) is 50.9 cm³/mol. The Labute approximate surface area is 74.9 Å². The van der Waals surface area contributed by atoms with Gasteiger partial charge in [-0.2, -0.15) is 0 Å². The highest BCUT2D eigenvalue weighted by Crippen LogP contribution is 2.19. The van der Waals surface area contributed by atoms with Gasteiger partial charge in [-0.1, -0.05) is 30.3 Å². The summed E-state index contributed by atoms with van der Waals surface area (Å²) in [4.78, 5) is 0. The van der Waals surface area contributed by atoms with E-state index in [1.54, 1.807) is 0 Å². The summed E-state index contributed by atoms with van der Waals surface area (Å²) in [5.41, 5.74) is 1.13. The maximum atomic E-state index is 6.00. The van der Waals surface area contributed by atoms with Crippen LogP contribution in [-0.2, 0) is 4.43 Å². The minimum Gasteiger partial charge on any atom is -0.426 e. The molecule has 0 heterocycles. The van der Waals surface area contributed by atoms with E-state index in [-0.39, 0.29) is 5.38 Å². The Morgan fingerprint density at radius 1 is 1.36 bits per heavy atom. The second-order valence-corrected chi connectivity index (χ2v) is 3.44.